The SMILES string of the molecule is CC(SCC(=O)Nc1ccc(F)cc1)C(=O)NC1(C(=O)O)CCOCC1. The lowest BCUT2D eigenvalue weighted by atomic mass is 9.90. The second-order valence-electron chi connectivity index (χ2n) is 6.00. The number of carboxylic acids is 1. The number of nitrogens with one attached hydrogen (secondary N) is 2. The molecular formula is C17H21FN2O5S. The Morgan fingerprint density at radius 2 is 1.88 bits per heavy atom. The molecule has 2 amide bonds. The first kappa shape index (κ1) is 20.2. The summed E-state index contributed by atoms with van der Waals surface area (Å²) in [5.74, 6) is -2.24. The van der Waals surface area contributed by atoms with E-state index in [4.69, 9.17) is 4.74 Å². The van der Waals surface area contributed by atoms with E-state index < -0.39 is 28.5 Å². The molecule has 0 spiro atoms. The molecule has 2 rings (SSSR count). The van der Waals surface area contributed by atoms with Gasteiger partial charge in [-0.25, -0.2) is 9.18 Å². The number of halogens is 1. The molecule has 1 heterocycles. The lowest BCUT2D eigenvalue weighted by molar-refractivity contribution is -0.152. The van der Waals surface area contributed by atoms with E-state index in [2.05, 4.69) is 10.6 Å². The maximum absolute atomic E-state index is 12.8. The van der Waals surface area contributed by atoms with Crippen LogP contribution in [-0.4, -0.2) is 52.6 Å². The zero-order valence-corrected chi connectivity index (χ0v) is 15.1. The van der Waals surface area contributed by atoms with Gasteiger partial charge >= 0.3 is 5.97 Å². The standard InChI is InChI=1S/C17H21FN2O5S/c1-11(15(22)20-17(16(23)24)6-8-25-9-7-17)26-10-14(21)19-13-4-2-12(18)3-5-13/h2-5,11H,6-10H2,1H3,(H,19,21)(H,20,22)(H,23,24). The van der Waals surface area contributed by atoms with Crippen LogP contribution in [-0.2, 0) is 19.1 Å². The zero-order chi connectivity index (χ0) is 19.2. The van der Waals surface area contributed by atoms with E-state index in [0.717, 1.165) is 11.8 Å². The van der Waals surface area contributed by atoms with Crippen molar-refractivity contribution < 1.29 is 28.6 Å². The number of aliphatic carboxylic acids is 1. The van der Waals surface area contributed by atoms with Crippen LogP contribution in [0, 0.1) is 5.82 Å². The smallest absolute Gasteiger partial charge is 0.329 e. The number of hydrogen-bond acceptors (Lipinski definition) is 5. The second kappa shape index (κ2) is 9.00. The fourth-order valence-electron chi connectivity index (χ4n) is 2.46. The molecule has 26 heavy (non-hydrogen) atoms. The predicted octanol–water partition coefficient (Wildman–Crippen LogP) is 1.64. The minimum absolute atomic E-state index is 0.00907. The van der Waals surface area contributed by atoms with E-state index in [9.17, 15) is 23.9 Å². The lowest BCUT2D eigenvalue weighted by Gasteiger charge is -2.34. The summed E-state index contributed by atoms with van der Waals surface area (Å²) in [7, 11) is 0. The summed E-state index contributed by atoms with van der Waals surface area (Å²) < 4.78 is 18.0. The van der Waals surface area contributed by atoms with Crippen LogP contribution in [0.3, 0.4) is 0 Å². The molecule has 1 aromatic rings. The lowest BCUT2D eigenvalue weighted by Crippen LogP contribution is -2.58. The molecule has 1 aliphatic heterocycles. The third-order valence-electron chi connectivity index (χ3n) is 4.08. The summed E-state index contributed by atoms with van der Waals surface area (Å²) in [6, 6.07) is 5.35. The van der Waals surface area contributed by atoms with Gasteiger partial charge in [-0.2, -0.15) is 0 Å². The van der Waals surface area contributed by atoms with Crippen LogP contribution < -0.4 is 10.6 Å². The number of benzene rings is 1. The number of anilines is 1. The molecule has 0 saturated carbocycles. The van der Waals surface area contributed by atoms with Crippen molar-refractivity contribution in [1.82, 2.24) is 5.32 Å². The van der Waals surface area contributed by atoms with E-state index >= 15 is 0 Å². The van der Waals surface area contributed by atoms with Crippen molar-refractivity contribution in [3.63, 3.8) is 0 Å². The molecule has 7 nitrogen and oxygen atoms in total. The predicted molar refractivity (Wildman–Crippen MR) is 95.5 cm³/mol. The monoisotopic (exact) mass is 384 g/mol. The van der Waals surface area contributed by atoms with Crippen molar-refractivity contribution in [2.75, 3.05) is 24.3 Å². The summed E-state index contributed by atoms with van der Waals surface area (Å²) in [6.07, 6.45) is 0.410. The quantitative estimate of drug-likeness (QED) is 0.660. The average Bonchev–Trinajstić information content (AvgIpc) is 2.62. The van der Waals surface area contributed by atoms with Gasteiger partial charge in [0.05, 0.1) is 11.0 Å². The summed E-state index contributed by atoms with van der Waals surface area (Å²) >= 11 is 1.09. The van der Waals surface area contributed by atoms with Crippen molar-refractivity contribution in [1.29, 1.82) is 0 Å². The number of carbonyl (C=O) groups excluding carboxylic acids is 2. The first-order valence-electron chi connectivity index (χ1n) is 8.12. The molecule has 1 saturated heterocycles. The molecule has 3 N–H and O–H groups in total. The van der Waals surface area contributed by atoms with E-state index in [0.29, 0.717) is 5.69 Å². The second-order valence-corrected chi connectivity index (χ2v) is 7.33. The molecule has 0 aromatic heterocycles. The van der Waals surface area contributed by atoms with Crippen LogP contribution in [0.15, 0.2) is 24.3 Å². The fourth-order valence-corrected chi connectivity index (χ4v) is 3.14. The Labute approximate surface area is 154 Å². The van der Waals surface area contributed by atoms with Crippen molar-refractivity contribution in [2.45, 2.75) is 30.6 Å². The first-order valence-corrected chi connectivity index (χ1v) is 9.17. The number of thioether (sulfide) groups is 1. The van der Waals surface area contributed by atoms with Crippen LogP contribution in [0.5, 0.6) is 0 Å². The van der Waals surface area contributed by atoms with E-state index in [1.54, 1.807) is 6.92 Å². The normalized spacial score (nSPS) is 17.2. The number of rotatable bonds is 7. The van der Waals surface area contributed by atoms with Gasteiger partial charge in [0.15, 0.2) is 0 Å². The van der Waals surface area contributed by atoms with Crippen LogP contribution in [0.2, 0.25) is 0 Å². The van der Waals surface area contributed by atoms with Crippen molar-refractivity contribution in [3.05, 3.63) is 30.1 Å². The van der Waals surface area contributed by atoms with Gasteiger partial charge in [0.25, 0.3) is 0 Å². The summed E-state index contributed by atoms with van der Waals surface area (Å²) in [5.41, 5.74) is -0.860. The van der Waals surface area contributed by atoms with Gasteiger partial charge in [-0.15, -0.1) is 11.8 Å². The van der Waals surface area contributed by atoms with Gasteiger partial charge in [-0.3, -0.25) is 9.59 Å². The van der Waals surface area contributed by atoms with Gasteiger partial charge < -0.3 is 20.5 Å². The van der Waals surface area contributed by atoms with Crippen LogP contribution >= 0.6 is 11.8 Å². The molecule has 0 radical (unpaired) electrons. The summed E-state index contributed by atoms with van der Waals surface area (Å²) in [4.78, 5) is 35.8. The minimum Gasteiger partial charge on any atom is -0.480 e. The molecule has 0 bridgehead atoms. The molecule has 142 valence electrons. The molecule has 0 aliphatic carbocycles. The number of ether oxygens (including phenoxy) is 1. The highest BCUT2D eigenvalue weighted by Crippen LogP contribution is 2.22. The highest BCUT2D eigenvalue weighted by atomic mass is 32.2. The fraction of sp³-hybridized carbons (Fsp3) is 0.471. The zero-order valence-electron chi connectivity index (χ0n) is 14.3. The van der Waals surface area contributed by atoms with Crippen LogP contribution in [0.25, 0.3) is 0 Å². The number of amides is 2. The number of carboxylic acid groups (broad SMARTS) is 1. The average molecular weight is 384 g/mol. The third kappa shape index (κ3) is 5.43. The van der Waals surface area contributed by atoms with E-state index in [-0.39, 0.29) is 37.7 Å². The van der Waals surface area contributed by atoms with Gasteiger partial charge in [0.1, 0.15) is 11.4 Å². The van der Waals surface area contributed by atoms with E-state index in [1.165, 1.54) is 24.3 Å². The molecular weight excluding hydrogens is 363 g/mol. The van der Waals surface area contributed by atoms with Crippen molar-refractivity contribution >= 4 is 35.2 Å². The number of hydrogen-bond donors (Lipinski definition) is 3. The van der Waals surface area contributed by atoms with Crippen LogP contribution in [0.1, 0.15) is 19.8 Å². The van der Waals surface area contributed by atoms with Gasteiger partial charge in [0, 0.05) is 31.7 Å². The molecule has 1 fully saturated rings. The van der Waals surface area contributed by atoms with Gasteiger partial charge in [-0.05, 0) is 31.2 Å². The topological polar surface area (TPSA) is 105 Å². The Bertz CT molecular complexity index is 662. The molecule has 1 atom stereocenters. The van der Waals surface area contributed by atoms with Crippen molar-refractivity contribution in [3.8, 4) is 0 Å². The number of carbonyl (C=O) groups is 3. The highest BCUT2D eigenvalue weighted by Gasteiger charge is 2.42. The molecule has 1 aromatic carbocycles. The Kier molecular flexibility index (Phi) is 6.98. The Balaban J connectivity index is 1.83. The molecule has 9 heteroatoms. The van der Waals surface area contributed by atoms with Gasteiger partial charge in [-0.1, -0.05) is 0 Å². The highest BCUT2D eigenvalue weighted by molar-refractivity contribution is 8.01. The van der Waals surface area contributed by atoms with Gasteiger partial charge in [0.2, 0.25) is 11.8 Å². The Hall–Kier alpha value is -2.13. The summed E-state index contributed by atoms with van der Waals surface area (Å²) in [6.45, 7) is 2.16. The summed E-state index contributed by atoms with van der Waals surface area (Å²) in [5, 5.41) is 14.0. The first-order chi connectivity index (χ1) is 12.3. The Morgan fingerprint density at radius 1 is 1.27 bits per heavy atom. The Morgan fingerprint density at radius 3 is 2.46 bits per heavy atom. The molecule has 1 aliphatic rings. The minimum atomic E-state index is -1.32. The van der Waals surface area contributed by atoms with Crippen molar-refractivity contribution in [2.24, 2.45) is 0 Å². The third-order valence-corrected chi connectivity index (χ3v) is 5.22. The van der Waals surface area contributed by atoms with Crippen LogP contribution in [0.4, 0.5) is 10.1 Å². The largest absolute Gasteiger partial charge is 0.480 e. The maximum atomic E-state index is 12.8. The van der Waals surface area contributed by atoms with E-state index in [1.807, 2.05) is 0 Å². The molecule has 1 unspecified atom stereocenters. The maximum Gasteiger partial charge on any atom is 0.329 e.